The molecule has 0 radical (unpaired) electrons. The van der Waals surface area contributed by atoms with Crippen molar-refractivity contribution in [3.05, 3.63) is 176 Å². The smallest absolute Gasteiger partial charge is 0.0626 e. The van der Waals surface area contributed by atoms with E-state index in [-0.39, 0.29) is 0 Å². The Labute approximate surface area is 283 Å². The van der Waals surface area contributed by atoms with Crippen LogP contribution in [-0.4, -0.2) is 4.57 Å². The summed E-state index contributed by atoms with van der Waals surface area (Å²) in [5.74, 6) is 0. The number of hydrogen-bond acceptors (Lipinski definition) is 0. The number of rotatable bonds is 3. The second kappa shape index (κ2) is 10.0. The van der Waals surface area contributed by atoms with Crippen molar-refractivity contribution in [1.29, 1.82) is 0 Å². The molecule has 1 heteroatoms. The molecule has 10 aromatic rings. The van der Waals surface area contributed by atoms with Crippen LogP contribution in [0, 0.1) is 0 Å². The Morgan fingerprint density at radius 1 is 0.327 bits per heavy atom. The predicted octanol–water partition coefficient (Wildman–Crippen LogP) is 13.2. The topological polar surface area (TPSA) is 4.93 Å². The van der Waals surface area contributed by atoms with Gasteiger partial charge in [-0.25, -0.2) is 0 Å². The van der Waals surface area contributed by atoms with Crippen LogP contribution >= 0.6 is 0 Å². The van der Waals surface area contributed by atoms with Gasteiger partial charge in [-0.05, 0) is 101 Å². The van der Waals surface area contributed by atoms with Crippen LogP contribution in [0.3, 0.4) is 0 Å². The fourth-order valence-electron chi connectivity index (χ4n) is 8.53. The van der Waals surface area contributed by atoms with Gasteiger partial charge < -0.3 is 4.57 Å². The molecule has 1 aliphatic rings. The van der Waals surface area contributed by atoms with Crippen LogP contribution in [0.4, 0.5) is 0 Å². The van der Waals surface area contributed by atoms with Crippen LogP contribution in [0.2, 0.25) is 0 Å². The molecular weight excluding hydrogens is 591 g/mol. The summed E-state index contributed by atoms with van der Waals surface area (Å²) in [6.07, 6.45) is 0. The normalized spacial score (nSPS) is 12.1. The van der Waals surface area contributed by atoms with Gasteiger partial charge in [0.1, 0.15) is 0 Å². The molecule has 0 aliphatic heterocycles. The number of aromatic nitrogens is 1. The van der Waals surface area contributed by atoms with Crippen molar-refractivity contribution < 1.29 is 0 Å². The molecular formula is C48H29N. The second-order valence-corrected chi connectivity index (χ2v) is 13.3. The molecule has 1 aliphatic carbocycles. The third-order valence-corrected chi connectivity index (χ3v) is 10.7. The minimum Gasteiger partial charge on any atom is -0.309 e. The Morgan fingerprint density at radius 3 is 1.49 bits per heavy atom. The lowest BCUT2D eigenvalue weighted by molar-refractivity contribution is 1.14. The number of nitrogens with zero attached hydrogens (tertiary/aromatic N) is 1. The molecule has 9 aromatic carbocycles. The number of hydrogen-bond donors (Lipinski definition) is 0. The molecule has 1 aromatic heterocycles. The highest BCUT2D eigenvalue weighted by Gasteiger charge is 2.29. The van der Waals surface area contributed by atoms with Gasteiger partial charge in [-0.1, -0.05) is 146 Å². The van der Waals surface area contributed by atoms with E-state index in [2.05, 4.69) is 180 Å². The molecule has 49 heavy (non-hydrogen) atoms. The molecule has 0 saturated carbocycles. The Morgan fingerprint density at radius 2 is 0.837 bits per heavy atom. The molecule has 0 fully saturated rings. The van der Waals surface area contributed by atoms with Crippen LogP contribution in [-0.2, 0) is 0 Å². The first kappa shape index (κ1) is 26.6. The highest BCUT2D eigenvalue weighted by Crippen LogP contribution is 2.53. The van der Waals surface area contributed by atoms with Gasteiger partial charge in [-0.2, -0.15) is 0 Å². The molecule has 0 atom stereocenters. The zero-order valence-electron chi connectivity index (χ0n) is 26.7. The molecule has 11 rings (SSSR count). The lowest BCUT2D eigenvalue weighted by atomic mass is 9.91. The fraction of sp³-hybridized carbons (Fsp3) is 0. The van der Waals surface area contributed by atoms with Gasteiger partial charge in [-0.15, -0.1) is 0 Å². The first-order valence-corrected chi connectivity index (χ1v) is 17.0. The van der Waals surface area contributed by atoms with Gasteiger partial charge in [0.15, 0.2) is 0 Å². The van der Waals surface area contributed by atoms with E-state index in [0.29, 0.717) is 0 Å². The zero-order chi connectivity index (χ0) is 32.1. The van der Waals surface area contributed by atoms with Gasteiger partial charge in [0.2, 0.25) is 0 Å². The third kappa shape index (κ3) is 3.76. The summed E-state index contributed by atoms with van der Waals surface area (Å²) in [7, 11) is 0. The van der Waals surface area contributed by atoms with E-state index in [1.54, 1.807) is 0 Å². The van der Waals surface area contributed by atoms with Crippen LogP contribution in [0.1, 0.15) is 0 Å². The minimum atomic E-state index is 1.19. The standard InChI is InChI=1S/C48H29N/c1-2-12-35(13-3-1)49-45-27-25-34(29-44(45)47-41-18-8-10-32-11-9-19-42(46(32)41)48(47)49)31-22-20-30(21-23-31)33-24-26-40-38-16-5-4-14-36(38)37-15-6-7-17-39(37)43(40)28-33/h1-29H. The average Bonchev–Trinajstić information content (AvgIpc) is 3.69. The van der Waals surface area contributed by atoms with Crippen LogP contribution in [0.5, 0.6) is 0 Å². The Hall–Kier alpha value is -6.44. The van der Waals surface area contributed by atoms with Crippen LogP contribution in [0.15, 0.2) is 176 Å². The highest BCUT2D eigenvalue weighted by molar-refractivity contribution is 6.26. The van der Waals surface area contributed by atoms with E-state index in [1.165, 1.54) is 104 Å². The number of fused-ring (bicyclic) bond motifs is 11. The van der Waals surface area contributed by atoms with Crippen molar-refractivity contribution in [3.8, 4) is 50.3 Å². The van der Waals surface area contributed by atoms with Gasteiger partial charge in [0, 0.05) is 22.2 Å². The average molecular weight is 620 g/mol. The minimum absolute atomic E-state index is 1.19. The fourth-order valence-corrected chi connectivity index (χ4v) is 8.53. The van der Waals surface area contributed by atoms with Crippen LogP contribution in [0.25, 0.3) is 104 Å². The number of para-hydroxylation sites is 1. The van der Waals surface area contributed by atoms with E-state index in [4.69, 9.17) is 0 Å². The lowest BCUT2D eigenvalue weighted by Gasteiger charge is -2.13. The molecule has 0 amide bonds. The van der Waals surface area contributed by atoms with E-state index in [0.717, 1.165) is 0 Å². The van der Waals surface area contributed by atoms with Crippen LogP contribution < -0.4 is 0 Å². The van der Waals surface area contributed by atoms with Crippen molar-refractivity contribution in [2.75, 3.05) is 0 Å². The maximum Gasteiger partial charge on any atom is 0.0626 e. The van der Waals surface area contributed by atoms with Crippen molar-refractivity contribution in [1.82, 2.24) is 4.57 Å². The van der Waals surface area contributed by atoms with Crippen molar-refractivity contribution in [2.45, 2.75) is 0 Å². The Kier molecular flexibility index (Phi) is 5.45. The van der Waals surface area contributed by atoms with E-state index in [9.17, 15) is 0 Å². The number of benzene rings is 9. The predicted molar refractivity (Wildman–Crippen MR) is 209 cm³/mol. The molecule has 0 spiro atoms. The zero-order valence-corrected chi connectivity index (χ0v) is 26.7. The largest absolute Gasteiger partial charge is 0.309 e. The Balaban J connectivity index is 1.06. The summed E-state index contributed by atoms with van der Waals surface area (Å²) in [5, 5.41) is 11.8. The SMILES string of the molecule is c1ccc(-n2c3c(c4cc(-c5ccc(-c6ccc7c8ccccc8c8ccccc8c7c6)cc5)ccc42)-c2cccc4cccc-3c24)cc1. The summed E-state index contributed by atoms with van der Waals surface area (Å²) >= 11 is 0. The van der Waals surface area contributed by atoms with Gasteiger partial charge >= 0.3 is 0 Å². The van der Waals surface area contributed by atoms with Crippen molar-refractivity contribution in [2.24, 2.45) is 0 Å². The molecule has 0 N–H and O–H groups in total. The maximum absolute atomic E-state index is 2.46. The third-order valence-electron chi connectivity index (χ3n) is 10.7. The lowest BCUT2D eigenvalue weighted by Crippen LogP contribution is -1.96. The highest BCUT2D eigenvalue weighted by atomic mass is 15.0. The first-order valence-electron chi connectivity index (χ1n) is 17.0. The summed E-state index contributed by atoms with van der Waals surface area (Å²) in [6.45, 7) is 0. The molecule has 1 nitrogen and oxygen atoms in total. The second-order valence-electron chi connectivity index (χ2n) is 13.3. The molecule has 0 saturated heterocycles. The molecule has 226 valence electrons. The first-order chi connectivity index (χ1) is 24.3. The molecule has 0 bridgehead atoms. The van der Waals surface area contributed by atoms with E-state index < -0.39 is 0 Å². The van der Waals surface area contributed by atoms with Crippen molar-refractivity contribution in [3.63, 3.8) is 0 Å². The summed E-state index contributed by atoms with van der Waals surface area (Å²) in [4.78, 5) is 0. The van der Waals surface area contributed by atoms with Gasteiger partial charge in [0.05, 0.1) is 11.2 Å². The quantitative estimate of drug-likeness (QED) is 0.173. The van der Waals surface area contributed by atoms with E-state index >= 15 is 0 Å². The van der Waals surface area contributed by atoms with Crippen molar-refractivity contribution >= 4 is 54.0 Å². The summed E-state index contributed by atoms with van der Waals surface area (Å²) in [5.41, 5.74) is 12.6. The molecule has 1 heterocycles. The maximum atomic E-state index is 2.46. The monoisotopic (exact) mass is 619 g/mol. The van der Waals surface area contributed by atoms with E-state index in [1.807, 2.05) is 0 Å². The van der Waals surface area contributed by atoms with Gasteiger partial charge in [0.25, 0.3) is 0 Å². The van der Waals surface area contributed by atoms with Gasteiger partial charge in [-0.3, -0.25) is 0 Å². The molecule has 0 unspecified atom stereocenters. The summed E-state index contributed by atoms with van der Waals surface area (Å²) < 4.78 is 2.46. The Bertz CT molecular complexity index is 2920. The summed E-state index contributed by atoms with van der Waals surface area (Å²) in [6, 6.07) is 64.9.